The number of hydrogen-bond acceptors (Lipinski definition) is 8. The highest BCUT2D eigenvalue weighted by molar-refractivity contribution is 6.14. The molecule has 2 heterocycles. The van der Waals surface area contributed by atoms with Crippen LogP contribution in [-0.2, 0) is 10.3 Å². The highest BCUT2D eigenvalue weighted by Crippen LogP contribution is 2.60. The lowest BCUT2D eigenvalue weighted by molar-refractivity contribution is 0.0215. The number of benzene rings is 3. The van der Waals surface area contributed by atoms with Crippen LogP contribution in [0.1, 0.15) is 72.0 Å². The Labute approximate surface area is 191 Å². The molecule has 2 aliphatic rings. The quantitative estimate of drug-likeness (QED) is 0.392. The molecule has 34 heavy (non-hydrogen) atoms. The molecule has 5 rings (SSSR count). The van der Waals surface area contributed by atoms with Crippen LogP contribution in [0.25, 0.3) is 0 Å². The van der Waals surface area contributed by atoms with Gasteiger partial charge in [0.15, 0.2) is 22.9 Å². The van der Waals surface area contributed by atoms with Crippen molar-refractivity contribution in [2.45, 2.75) is 19.4 Å². The second-order valence-corrected chi connectivity index (χ2v) is 7.99. The Bertz CT molecular complexity index is 1480. The van der Waals surface area contributed by atoms with Crippen LogP contribution in [0, 0.1) is 0 Å². The summed E-state index contributed by atoms with van der Waals surface area (Å²) in [7, 11) is 0. The molecule has 0 fully saturated rings. The van der Waals surface area contributed by atoms with Crippen molar-refractivity contribution in [2.24, 2.45) is 0 Å². The Morgan fingerprint density at radius 2 is 1.56 bits per heavy atom. The molecule has 3 N–H and O–H groups in total. The lowest BCUT2D eigenvalue weighted by atomic mass is 9.73. The minimum Gasteiger partial charge on any atom is -0.508 e. The standard InChI is InChI=1S/C25H16O9/c1-10(26)17-19(23(30)31)20-22(18(11(2)27)21(17)29)33-16-9-12(28)7-8-15(16)25(20)14-6-4-3-5-13(14)24(32)34-25/h3-9,28-29H,1-2H3,(H,30,31). The summed E-state index contributed by atoms with van der Waals surface area (Å²) < 4.78 is 11.8. The average molecular weight is 460 g/mol. The van der Waals surface area contributed by atoms with E-state index in [1.807, 2.05) is 0 Å². The molecule has 9 heteroatoms. The Kier molecular flexibility index (Phi) is 4.31. The zero-order valence-corrected chi connectivity index (χ0v) is 17.8. The molecular formula is C25H16O9. The van der Waals surface area contributed by atoms with Crippen molar-refractivity contribution in [1.82, 2.24) is 0 Å². The van der Waals surface area contributed by atoms with Crippen LogP contribution in [0.4, 0.5) is 0 Å². The molecule has 0 radical (unpaired) electrons. The van der Waals surface area contributed by atoms with E-state index in [0.717, 1.165) is 13.8 Å². The molecule has 0 bridgehead atoms. The van der Waals surface area contributed by atoms with E-state index in [0.29, 0.717) is 0 Å². The van der Waals surface area contributed by atoms with Crippen LogP contribution in [0.3, 0.4) is 0 Å². The molecule has 1 atom stereocenters. The Morgan fingerprint density at radius 1 is 0.882 bits per heavy atom. The SMILES string of the molecule is CC(=O)c1c(O)c(C(C)=O)c(C(=O)O)c2c1Oc1cc(O)ccc1C21OC(=O)c2ccccc21. The summed E-state index contributed by atoms with van der Waals surface area (Å²) in [5, 5.41) is 31.1. The van der Waals surface area contributed by atoms with Gasteiger partial charge in [-0.2, -0.15) is 0 Å². The summed E-state index contributed by atoms with van der Waals surface area (Å²) >= 11 is 0. The molecule has 9 nitrogen and oxygen atoms in total. The summed E-state index contributed by atoms with van der Waals surface area (Å²) in [5.41, 5.74) is -3.34. The van der Waals surface area contributed by atoms with Crippen molar-refractivity contribution < 1.29 is 44.0 Å². The molecule has 0 aliphatic carbocycles. The molecule has 3 aromatic carbocycles. The van der Waals surface area contributed by atoms with Crippen LogP contribution < -0.4 is 4.74 Å². The Morgan fingerprint density at radius 3 is 2.21 bits per heavy atom. The highest BCUT2D eigenvalue weighted by Gasteiger charge is 2.57. The predicted octanol–water partition coefficient (Wildman–Crippen LogP) is 3.77. The zero-order chi connectivity index (χ0) is 24.5. The number of rotatable bonds is 3. The maximum absolute atomic E-state index is 13.0. The third-order valence-electron chi connectivity index (χ3n) is 6.03. The van der Waals surface area contributed by atoms with Gasteiger partial charge >= 0.3 is 11.9 Å². The number of ketones is 2. The van der Waals surface area contributed by atoms with E-state index in [-0.39, 0.29) is 39.5 Å². The molecule has 170 valence electrons. The van der Waals surface area contributed by atoms with E-state index in [1.165, 1.54) is 24.3 Å². The third-order valence-corrected chi connectivity index (χ3v) is 6.03. The average Bonchev–Trinajstić information content (AvgIpc) is 3.05. The third kappa shape index (κ3) is 2.54. The summed E-state index contributed by atoms with van der Waals surface area (Å²) in [6.07, 6.45) is 0. The molecule has 0 amide bonds. The first-order chi connectivity index (χ1) is 16.1. The molecular weight excluding hydrogens is 444 g/mol. The number of carbonyl (C=O) groups excluding carboxylic acids is 3. The lowest BCUT2D eigenvalue weighted by Crippen LogP contribution is -2.36. The summed E-state index contributed by atoms with van der Waals surface area (Å²) in [5.74, 6) is -5.36. The number of carboxylic acids is 1. The topological polar surface area (TPSA) is 147 Å². The van der Waals surface area contributed by atoms with Gasteiger partial charge in [0, 0.05) is 17.2 Å². The number of phenolic OH excluding ortho intramolecular Hbond substituents is 2. The lowest BCUT2D eigenvalue weighted by Gasteiger charge is -2.38. The van der Waals surface area contributed by atoms with Crippen LogP contribution in [0.15, 0.2) is 42.5 Å². The van der Waals surface area contributed by atoms with Gasteiger partial charge in [-0.3, -0.25) is 9.59 Å². The van der Waals surface area contributed by atoms with Gasteiger partial charge in [-0.05, 0) is 32.0 Å². The van der Waals surface area contributed by atoms with Crippen molar-refractivity contribution in [2.75, 3.05) is 0 Å². The highest BCUT2D eigenvalue weighted by atomic mass is 16.6. The fourth-order valence-corrected chi connectivity index (χ4v) is 4.77. The Hall–Kier alpha value is -4.66. The molecule has 0 aromatic heterocycles. The maximum Gasteiger partial charge on any atom is 0.340 e. The van der Waals surface area contributed by atoms with Gasteiger partial charge in [0.1, 0.15) is 22.8 Å². The number of hydrogen-bond donors (Lipinski definition) is 3. The van der Waals surface area contributed by atoms with Crippen LogP contribution in [0.2, 0.25) is 0 Å². The van der Waals surface area contributed by atoms with E-state index in [9.17, 15) is 34.5 Å². The number of Topliss-reactive ketones (excluding diaryl/α,β-unsaturated/α-hetero) is 2. The fraction of sp³-hybridized carbons (Fsp3) is 0.120. The van der Waals surface area contributed by atoms with E-state index >= 15 is 0 Å². The number of esters is 1. The second-order valence-electron chi connectivity index (χ2n) is 7.99. The van der Waals surface area contributed by atoms with Crippen LogP contribution >= 0.6 is 0 Å². The van der Waals surface area contributed by atoms with E-state index < -0.39 is 51.5 Å². The summed E-state index contributed by atoms with van der Waals surface area (Å²) in [6.45, 7) is 2.16. The smallest absolute Gasteiger partial charge is 0.340 e. The van der Waals surface area contributed by atoms with E-state index in [4.69, 9.17) is 9.47 Å². The van der Waals surface area contributed by atoms with Gasteiger partial charge < -0.3 is 24.8 Å². The van der Waals surface area contributed by atoms with Gasteiger partial charge in [0.05, 0.1) is 22.3 Å². The molecule has 0 saturated heterocycles. The first-order valence-corrected chi connectivity index (χ1v) is 10.1. The van der Waals surface area contributed by atoms with Crippen molar-refractivity contribution in [3.8, 4) is 23.0 Å². The van der Waals surface area contributed by atoms with Crippen molar-refractivity contribution >= 4 is 23.5 Å². The molecule has 0 saturated carbocycles. The van der Waals surface area contributed by atoms with Gasteiger partial charge in [0.25, 0.3) is 0 Å². The molecule has 1 spiro atoms. The van der Waals surface area contributed by atoms with Crippen molar-refractivity contribution in [3.05, 3.63) is 81.4 Å². The summed E-state index contributed by atoms with van der Waals surface area (Å²) in [6, 6.07) is 10.2. The van der Waals surface area contributed by atoms with Gasteiger partial charge in [-0.15, -0.1) is 0 Å². The van der Waals surface area contributed by atoms with Gasteiger partial charge in [-0.1, -0.05) is 18.2 Å². The summed E-state index contributed by atoms with van der Waals surface area (Å²) in [4.78, 5) is 50.7. The fourth-order valence-electron chi connectivity index (χ4n) is 4.77. The van der Waals surface area contributed by atoms with E-state index in [2.05, 4.69) is 0 Å². The predicted molar refractivity (Wildman–Crippen MR) is 115 cm³/mol. The molecule has 1 unspecified atom stereocenters. The number of carbonyl (C=O) groups is 4. The maximum atomic E-state index is 13.0. The first kappa shape index (κ1) is 21.2. The van der Waals surface area contributed by atoms with Crippen LogP contribution in [0.5, 0.6) is 23.0 Å². The van der Waals surface area contributed by atoms with E-state index in [1.54, 1.807) is 18.2 Å². The second kappa shape index (κ2) is 6.92. The minimum atomic E-state index is -1.93. The first-order valence-electron chi connectivity index (χ1n) is 10.1. The van der Waals surface area contributed by atoms with Gasteiger partial charge in [0.2, 0.25) is 0 Å². The monoisotopic (exact) mass is 460 g/mol. The molecule has 3 aromatic rings. The number of aromatic hydroxyl groups is 2. The minimum absolute atomic E-state index is 0.0224. The van der Waals surface area contributed by atoms with Gasteiger partial charge in [-0.25, -0.2) is 9.59 Å². The number of carboxylic acid groups (broad SMARTS) is 1. The van der Waals surface area contributed by atoms with Crippen molar-refractivity contribution in [1.29, 1.82) is 0 Å². The normalized spacial score (nSPS) is 17.3. The van der Waals surface area contributed by atoms with Crippen LogP contribution in [-0.4, -0.2) is 38.8 Å². The zero-order valence-electron chi connectivity index (χ0n) is 17.8. The number of phenols is 2. The number of fused-ring (bicyclic) bond motifs is 6. The van der Waals surface area contributed by atoms with Crippen molar-refractivity contribution in [3.63, 3.8) is 0 Å². The molecule has 2 aliphatic heterocycles. The largest absolute Gasteiger partial charge is 0.508 e. The number of aromatic carboxylic acids is 1. The Balaban J connectivity index is 2.08. The number of ether oxygens (including phenoxy) is 2.